The van der Waals surface area contributed by atoms with Gasteiger partial charge < -0.3 is 5.73 Å². The van der Waals surface area contributed by atoms with Crippen LogP contribution in [-0.2, 0) is 10.0 Å². The largest absolute Gasteiger partial charge is 0.398 e. The maximum Gasteiger partial charge on any atom is 0.264 e. The standard InChI is InChI=1S/C13H11Br2FN2O2S/c1-7-4-8(2-3-9(7)14)18-21(19,20)13-6-12(17)10(15)5-11(13)16/h2-6,18H,17H2,1H3. The molecule has 0 saturated carbocycles. The zero-order chi connectivity index (χ0) is 15.8. The van der Waals surface area contributed by atoms with Crippen molar-refractivity contribution in [3.63, 3.8) is 0 Å². The molecule has 0 atom stereocenters. The summed E-state index contributed by atoms with van der Waals surface area (Å²) in [5.41, 5.74) is 6.95. The Morgan fingerprint density at radius 3 is 2.43 bits per heavy atom. The Morgan fingerprint density at radius 1 is 1.14 bits per heavy atom. The average Bonchev–Trinajstić information content (AvgIpc) is 2.37. The Hall–Kier alpha value is -1.12. The minimum absolute atomic E-state index is 0.142. The number of nitrogens with two attached hydrogens (primary N) is 1. The van der Waals surface area contributed by atoms with E-state index < -0.39 is 20.7 Å². The van der Waals surface area contributed by atoms with Crippen LogP contribution in [-0.4, -0.2) is 8.42 Å². The summed E-state index contributed by atoms with van der Waals surface area (Å²) in [6, 6.07) is 7.03. The van der Waals surface area contributed by atoms with E-state index in [1.54, 1.807) is 18.2 Å². The molecule has 0 aliphatic heterocycles. The van der Waals surface area contributed by atoms with E-state index in [0.29, 0.717) is 10.2 Å². The SMILES string of the molecule is Cc1cc(NS(=O)(=O)c2cc(N)c(Br)cc2F)ccc1Br. The number of aryl methyl sites for hydroxylation is 1. The molecule has 0 aliphatic carbocycles. The summed E-state index contributed by atoms with van der Waals surface area (Å²) in [5, 5.41) is 0. The van der Waals surface area contributed by atoms with Gasteiger partial charge >= 0.3 is 0 Å². The molecule has 0 bridgehead atoms. The molecule has 8 heteroatoms. The van der Waals surface area contributed by atoms with Crippen LogP contribution in [0.4, 0.5) is 15.8 Å². The summed E-state index contributed by atoms with van der Waals surface area (Å²) < 4.78 is 41.8. The van der Waals surface area contributed by atoms with Gasteiger partial charge in [-0.2, -0.15) is 0 Å². The molecule has 0 spiro atoms. The maximum atomic E-state index is 13.9. The molecule has 21 heavy (non-hydrogen) atoms. The van der Waals surface area contributed by atoms with E-state index in [4.69, 9.17) is 5.73 Å². The quantitative estimate of drug-likeness (QED) is 0.711. The van der Waals surface area contributed by atoms with Crippen LogP contribution in [0.3, 0.4) is 0 Å². The normalized spacial score (nSPS) is 11.4. The second-order valence-electron chi connectivity index (χ2n) is 4.37. The summed E-state index contributed by atoms with van der Waals surface area (Å²) in [7, 11) is -4.05. The molecule has 0 saturated heterocycles. The van der Waals surface area contributed by atoms with Crippen LogP contribution >= 0.6 is 31.9 Å². The second-order valence-corrected chi connectivity index (χ2v) is 7.73. The third kappa shape index (κ3) is 3.56. The summed E-state index contributed by atoms with van der Waals surface area (Å²) in [6.45, 7) is 1.82. The van der Waals surface area contributed by atoms with Crippen molar-refractivity contribution in [2.75, 3.05) is 10.5 Å². The van der Waals surface area contributed by atoms with E-state index in [-0.39, 0.29) is 5.69 Å². The van der Waals surface area contributed by atoms with Gasteiger partial charge in [-0.3, -0.25) is 4.72 Å². The molecular formula is C13H11Br2FN2O2S. The van der Waals surface area contributed by atoms with E-state index >= 15 is 0 Å². The number of rotatable bonds is 3. The van der Waals surface area contributed by atoms with E-state index in [9.17, 15) is 12.8 Å². The molecule has 0 radical (unpaired) electrons. The van der Waals surface area contributed by atoms with Gasteiger partial charge in [0.1, 0.15) is 10.7 Å². The van der Waals surface area contributed by atoms with Gasteiger partial charge in [0.25, 0.3) is 10.0 Å². The monoisotopic (exact) mass is 436 g/mol. The van der Waals surface area contributed by atoms with Gasteiger partial charge in [-0.1, -0.05) is 15.9 Å². The van der Waals surface area contributed by atoms with Gasteiger partial charge in [-0.05, 0) is 58.7 Å². The number of anilines is 2. The van der Waals surface area contributed by atoms with Crippen LogP contribution in [0.25, 0.3) is 0 Å². The first-order valence-corrected chi connectivity index (χ1v) is 8.81. The highest BCUT2D eigenvalue weighted by atomic mass is 79.9. The molecule has 3 N–H and O–H groups in total. The lowest BCUT2D eigenvalue weighted by Gasteiger charge is -2.11. The number of nitrogens with one attached hydrogen (secondary N) is 1. The third-order valence-electron chi connectivity index (χ3n) is 2.75. The number of benzene rings is 2. The first-order valence-electron chi connectivity index (χ1n) is 5.74. The number of halogens is 3. The van der Waals surface area contributed by atoms with Gasteiger partial charge in [-0.15, -0.1) is 0 Å². The third-order valence-corrected chi connectivity index (χ3v) is 5.72. The fourth-order valence-electron chi connectivity index (χ4n) is 1.67. The van der Waals surface area contributed by atoms with Gasteiger partial charge in [0.2, 0.25) is 0 Å². The molecular weight excluding hydrogens is 427 g/mol. The number of sulfonamides is 1. The average molecular weight is 438 g/mol. The highest BCUT2D eigenvalue weighted by Crippen LogP contribution is 2.28. The minimum Gasteiger partial charge on any atom is -0.398 e. The highest BCUT2D eigenvalue weighted by molar-refractivity contribution is 9.10. The van der Waals surface area contributed by atoms with E-state index in [2.05, 4.69) is 36.6 Å². The molecule has 2 aromatic rings. The van der Waals surface area contributed by atoms with Crippen molar-refractivity contribution in [2.24, 2.45) is 0 Å². The van der Waals surface area contributed by atoms with Gasteiger partial charge in [-0.25, -0.2) is 12.8 Å². The summed E-state index contributed by atoms with van der Waals surface area (Å²) in [4.78, 5) is -0.497. The number of nitrogen functional groups attached to an aromatic ring is 1. The zero-order valence-corrected chi connectivity index (χ0v) is 14.8. The maximum absolute atomic E-state index is 13.9. The lowest BCUT2D eigenvalue weighted by Crippen LogP contribution is -2.15. The van der Waals surface area contributed by atoms with Crippen molar-refractivity contribution >= 4 is 53.3 Å². The molecule has 0 aliphatic rings. The van der Waals surface area contributed by atoms with Crippen LogP contribution in [0.5, 0.6) is 0 Å². The summed E-state index contributed by atoms with van der Waals surface area (Å²) in [6.07, 6.45) is 0. The minimum atomic E-state index is -4.05. The molecule has 112 valence electrons. The zero-order valence-electron chi connectivity index (χ0n) is 10.8. The predicted octanol–water partition coefficient (Wildman–Crippen LogP) is 4.04. The van der Waals surface area contributed by atoms with Gasteiger partial charge in [0.15, 0.2) is 0 Å². The van der Waals surface area contributed by atoms with Gasteiger partial charge in [0.05, 0.1) is 0 Å². The van der Waals surface area contributed by atoms with E-state index in [0.717, 1.165) is 22.2 Å². The van der Waals surface area contributed by atoms with Crippen molar-refractivity contribution < 1.29 is 12.8 Å². The highest BCUT2D eigenvalue weighted by Gasteiger charge is 2.21. The lowest BCUT2D eigenvalue weighted by molar-refractivity contribution is 0.570. The molecule has 0 unspecified atom stereocenters. The smallest absolute Gasteiger partial charge is 0.264 e. The van der Waals surface area contributed by atoms with Crippen LogP contribution in [0.1, 0.15) is 5.56 Å². The first-order chi connectivity index (χ1) is 9.70. The number of hydrogen-bond acceptors (Lipinski definition) is 3. The van der Waals surface area contributed by atoms with Crippen molar-refractivity contribution in [1.82, 2.24) is 0 Å². The Bertz CT molecular complexity index is 810. The lowest BCUT2D eigenvalue weighted by atomic mass is 10.2. The van der Waals surface area contributed by atoms with Crippen LogP contribution in [0.15, 0.2) is 44.2 Å². The molecule has 2 rings (SSSR count). The fraction of sp³-hybridized carbons (Fsp3) is 0.0769. The Balaban J connectivity index is 2.43. The van der Waals surface area contributed by atoms with E-state index in [1.807, 2.05) is 6.92 Å². The van der Waals surface area contributed by atoms with Crippen molar-refractivity contribution in [3.05, 3.63) is 50.7 Å². The second kappa shape index (κ2) is 5.94. The fourth-order valence-corrected chi connectivity index (χ4v) is 3.38. The van der Waals surface area contributed by atoms with Crippen molar-refractivity contribution in [2.45, 2.75) is 11.8 Å². The van der Waals surface area contributed by atoms with Crippen LogP contribution in [0.2, 0.25) is 0 Å². The summed E-state index contributed by atoms with van der Waals surface area (Å²) in [5.74, 6) is -0.877. The van der Waals surface area contributed by atoms with E-state index in [1.165, 1.54) is 0 Å². The van der Waals surface area contributed by atoms with Crippen LogP contribution < -0.4 is 10.5 Å². The predicted molar refractivity (Wildman–Crippen MR) is 88.2 cm³/mol. The Kier molecular flexibility index (Phi) is 4.60. The molecule has 4 nitrogen and oxygen atoms in total. The topological polar surface area (TPSA) is 72.2 Å². The summed E-state index contributed by atoms with van der Waals surface area (Å²) >= 11 is 6.37. The number of hydrogen-bond donors (Lipinski definition) is 2. The van der Waals surface area contributed by atoms with Crippen molar-refractivity contribution in [1.29, 1.82) is 0 Å². The molecule has 0 aromatic heterocycles. The Morgan fingerprint density at radius 2 is 1.81 bits per heavy atom. The molecule has 2 aromatic carbocycles. The molecule has 0 heterocycles. The first kappa shape index (κ1) is 16.3. The van der Waals surface area contributed by atoms with Gasteiger partial charge in [0, 0.05) is 20.3 Å². The Labute approximate surface area is 138 Å². The molecule has 0 amide bonds. The molecule has 0 fully saturated rings. The van der Waals surface area contributed by atoms with Crippen molar-refractivity contribution in [3.8, 4) is 0 Å². The van der Waals surface area contributed by atoms with Crippen LogP contribution in [0, 0.1) is 12.7 Å².